The molecule has 0 saturated heterocycles. The number of carbonyl (C=O) groups excluding carboxylic acids is 2. The first-order valence-electron chi connectivity index (χ1n) is 13.5. The Balaban J connectivity index is 1.76. The summed E-state index contributed by atoms with van der Waals surface area (Å²) < 4.78 is 11.4. The molecule has 0 bridgehead atoms. The second-order valence-corrected chi connectivity index (χ2v) is 9.57. The number of aryl methyl sites for hydroxylation is 2. The van der Waals surface area contributed by atoms with Crippen LogP contribution in [-0.4, -0.2) is 42.0 Å². The lowest BCUT2D eigenvalue weighted by atomic mass is 10.0. The summed E-state index contributed by atoms with van der Waals surface area (Å²) in [5, 5.41) is 3.21. The first kappa shape index (κ1) is 27.6. The van der Waals surface area contributed by atoms with Crippen molar-refractivity contribution in [2.75, 3.05) is 13.2 Å². The lowest BCUT2D eigenvalue weighted by Crippen LogP contribution is -2.51. The maximum Gasteiger partial charge on any atom is 0.243 e. The van der Waals surface area contributed by atoms with Gasteiger partial charge in [0.25, 0.3) is 0 Å². The number of amides is 2. The van der Waals surface area contributed by atoms with E-state index in [9.17, 15) is 9.59 Å². The van der Waals surface area contributed by atoms with Gasteiger partial charge >= 0.3 is 0 Å². The zero-order valence-corrected chi connectivity index (χ0v) is 22.3. The molecule has 2 aromatic rings. The third-order valence-corrected chi connectivity index (χ3v) is 6.80. The molecule has 0 spiro atoms. The third kappa shape index (κ3) is 7.74. The minimum atomic E-state index is -0.487. The Kier molecular flexibility index (Phi) is 10.6. The van der Waals surface area contributed by atoms with Crippen molar-refractivity contribution < 1.29 is 19.1 Å². The second kappa shape index (κ2) is 13.9. The minimum Gasteiger partial charge on any atom is -0.490 e. The number of carbonyl (C=O) groups is 2. The van der Waals surface area contributed by atoms with Gasteiger partial charge < -0.3 is 19.7 Å². The Hall–Kier alpha value is -3.02. The summed E-state index contributed by atoms with van der Waals surface area (Å²) in [7, 11) is 0. The molecule has 1 aliphatic carbocycles. The number of ether oxygens (including phenoxy) is 2. The van der Waals surface area contributed by atoms with Gasteiger partial charge in [0.05, 0.1) is 13.2 Å². The first-order chi connectivity index (χ1) is 17.4. The summed E-state index contributed by atoms with van der Waals surface area (Å²) in [5.74, 6) is 1.36. The quantitative estimate of drug-likeness (QED) is 0.394. The summed E-state index contributed by atoms with van der Waals surface area (Å²) in [6.07, 6.45) is 5.81. The van der Waals surface area contributed by atoms with Gasteiger partial charge in [-0.05, 0) is 69.7 Å². The molecule has 36 heavy (non-hydrogen) atoms. The molecule has 2 amide bonds. The van der Waals surface area contributed by atoms with Gasteiger partial charge in [0.1, 0.15) is 6.04 Å². The van der Waals surface area contributed by atoms with Crippen LogP contribution >= 0.6 is 0 Å². The highest BCUT2D eigenvalue weighted by atomic mass is 16.5. The summed E-state index contributed by atoms with van der Waals surface area (Å²) in [5.41, 5.74) is 3.21. The van der Waals surface area contributed by atoms with Crippen LogP contribution in [0.25, 0.3) is 0 Å². The number of hydrogen-bond donors (Lipinski definition) is 1. The molecule has 0 heterocycles. The number of rotatable bonds is 13. The van der Waals surface area contributed by atoms with Crippen molar-refractivity contribution in [1.29, 1.82) is 0 Å². The smallest absolute Gasteiger partial charge is 0.243 e. The van der Waals surface area contributed by atoms with Gasteiger partial charge in [-0.3, -0.25) is 9.59 Å². The molecule has 1 saturated carbocycles. The van der Waals surface area contributed by atoms with Crippen molar-refractivity contribution in [1.82, 2.24) is 10.2 Å². The van der Waals surface area contributed by atoms with Gasteiger partial charge in [-0.15, -0.1) is 0 Å². The average molecular weight is 495 g/mol. The molecule has 1 aliphatic rings. The topological polar surface area (TPSA) is 67.9 Å². The van der Waals surface area contributed by atoms with E-state index in [0.717, 1.165) is 36.8 Å². The van der Waals surface area contributed by atoms with Crippen molar-refractivity contribution in [3.8, 4) is 11.5 Å². The fourth-order valence-electron chi connectivity index (χ4n) is 4.82. The van der Waals surface area contributed by atoms with Gasteiger partial charge in [0.2, 0.25) is 11.8 Å². The molecule has 196 valence electrons. The van der Waals surface area contributed by atoms with E-state index in [-0.39, 0.29) is 17.9 Å². The molecule has 0 unspecified atom stereocenters. The van der Waals surface area contributed by atoms with Crippen molar-refractivity contribution in [2.45, 2.75) is 91.3 Å². The Morgan fingerprint density at radius 1 is 0.944 bits per heavy atom. The van der Waals surface area contributed by atoms with E-state index in [4.69, 9.17) is 9.47 Å². The largest absolute Gasteiger partial charge is 0.490 e. The molecular weight excluding hydrogens is 452 g/mol. The van der Waals surface area contributed by atoms with Crippen molar-refractivity contribution in [2.24, 2.45) is 0 Å². The van der Waals surface area contributed by atoms with Crippen LogP contribution in [0.2, 0.25) is 0 Å². The number of nitrogens with one attached hydrogen (secondary N) is 1. The highest BCUT2D eigenvalue weighted by Crippen LogP contribution is 2.29. The third-order valence-electron chi connectivity index (χ3n) is 6.80. The van der Waals surface area contributed by atoms with E-state index in [1.54, 1.807) is 4.90 Å². The molecule has 1 atom stereocenters. The average Bonchev–Trinajstić information content (AvgIpc) is 3.38. The molecule has 2 aromatic carbocycles. The van der Waals surface area contributed by atoms with Gasteiger partial charge in [0, 0.05) is 19.0 Å². The highest BCUT2D eigenvalue weighted by molar-refractivity contribution is 5.88. The van der Waals surface area contributed by atoms with Crippen molar-refractivity contribution >= 4 is 11.8 Å². The molecule has 0 aromatic heterocycles. The molecule has 0 radical (unpaired) electrons. The van der Waals surface area contributed by atoms with Crippen LogP contribution in [-0.2, 0) is 22.6 Å². The normalized spacial score (nSPS) is 14.3. The van der Waals surface area contributed by atoms with Crippen LogP contribution in [0.1, 0.15) is 76.0 Å². The lowest BCUT2D eigenvalue weighted by Gasteiger charge is -2.31. The number of nitrogens with zero attached hydrogens (tertiary/aromatic N) is 1. The summed E-state index contributed by atoms with van der Waals surface area (Å²) in [6, 6.07) is 13.8. The van der Waals surface area contributed by atoms with Crippen LogP contribution in [0.5, 0.6) is 11.5 Å². The summed E-state index contributed by atoms with van der Waals surface area (Å²) >= 11 is 0. The summed E-state index contributed by atoms with van der Waals surface area (Å²) in [6.45, 7) is 9.44. The van der Waals surface area contributed by atoms with E-state index in [0.29, 0.717) is 50.5 Å². The van der Waals surface area contributed by atoms with Gasteiger partial charge in [0.15, 0.2) is 11.5 Å². The highest BCUT2D eigenvalue weighted by Gasteiger charge is 2.30. The van der Waals surface area contributed by atoms with E-state index in [1.807, 2.05) is 70.2 Å². The monoisotopic (exact) mass is 494 g/mol. The molecule has 0 aliphatic heterocycles. The standard InChI is InChI=1S/C30H42N2O4/c1-5-26(30(34)31-25-10-8-9-11-25)32(21-24-14-12-22(4)13-15-24)29(33)19-17-23-16-18-27(35-6-2)28(20-23)36-7-3/h12-16,18,20,25-26H,5-11,17,19,21H2,1-4H3,(H,31,34)/t26-/m0/s1. The van der Waals surface area contributed by atoms with Crippen LogP contribution < -0.4 is 14.8 Å². The van der Waals surface area contributed by atoms with Crippen LogP contribution in [0, 0.1) is 6.92 Å². The maximum absolute atomic E-state index is 13.6. The SMILES string of the molecule is CCOc1ccc(CCC(=O)N(Cc2ccc(C)cc2)[C@@H](CC)C(=O)NC2CCCC2)cc1OCC. The zero-order valence-electron chi connectivity index (χ0n) is 22.3. The molecule has 6 nitrogen and oxygen atoms in total. The van der Waals surface area contributed by atoms with Gasteiger partial charge in [-0.2, -0.15) is 0 Å². The van der Waals surface area contributed by atoms with Crippen LogP contribution in [0.3, 0.4) is 0 Å². The molecule has 1 N–H and O–H groups in total. The van der Waals surface area contributed by atoms with E-state index < -0.39 is 6.04 Å². The van der Waals surface area contributed by atoms with E-state index in [2.05, 4.69) is 5.32 Å². The number of benzene rings is 2. The van der Waals surface area contributed by atoms with Gasteiger partial charge in [-0.25, -0.2) is 0 Å². The fourth-order valence-corrected chi connectivity index (χ4v) is 4.82. The predicted molar refractivity (Wildman–Crippen MR) is 143 cm³/mol. The molecule has 1 fully saturated rings. The molecule has 6 heteroatoms. The Morgan fingerprint density at radius 3 is 2.22 bits per heavy atom. The van der Waals surface area contributed by atoms with Crippen LogP contribution in [0.4, 0.5) is 0 Å². The lowest BCUT2D eigenvalue weighted by molar-refractivity contribution is -0.141. The fraction of sp³-hybridized carbons (Fsp3) is 0.533. The second-order valence-electron chi connectivity index (χ2n) is 9.57. The predicted octanol–water partition coefficient (Wildman–Crippen LogP) is 5.59. The van der Waals surface area contributed by atoms with Crippen molar-refractivity contribution in [3.05, 3.63) is 59.2 Å². The Morgan fingerprint density at radius 2 is 1.58 bits per heavy atom. The molecular formula is C30H42N2O4. The number of hydrogen-bond acceptors (Lipinski definition) is 4. The van der Waals surface area contributed by atoms with Crippen LogP contribution in [0.15, 0.2) is 42.5 Å². The Labute approximate surface area is 216 Å². The first-order valence-corrected chi connectivity index (χ1v) is 13.5. The minimum absolute atomic E-state index is 0.0177. The molecule has 3 rings (SSSR count). The maximum atomic E-state index is 13.6. The van der Waals surface area contributed by atoms with Gasteiger partial charge in [-0.1, -0.05) is 55.7 Å². The van der Waals surface area contributed by atoms with E-state index >= 15 is 0 Å². The van der Waals surface area contributed by atoms with Crippen molar-refractivity contribution in [3.63, 3.8) is 0 Å². The summed E-state index contributed by atoms with van der Waals surface area (Å²) in [4.78, 5) is 28.6. The Bertz CT molecular complexity index is 983. The van der Waals surface area contributed by atoms with E-state index in [1.165, 1.54) is 5.56 Å². The zero-order chi connectivity index (χ0) is 25.9.